The Balaban J connectivity index is 1.38. The van der Waals surface area contributed by atoms with E-state index in [0.29, 0.717) is 38.2 Å². The van der Waals surface area contributed by atoms with E-state index in [2.05, 4.69) is 9.71 Å². The predicted molar refractivity (Wildman–Crippen MR) is 115 cm³/mol. The van der Waals surface area contributed by atoms with E-state index in [9.17, 15) is 17.6 Å². The maximum absolute atomic E-state index is 13.1. The summed E-state index contributed by atoms with van der Waals surface area (Å²) in [4.78, 5) is 17.8. The molecule has 1 aliphatic rings. The minimum absolute atomic E-state index is 0.0249. The molecule has 0 spiro atoms. The molecule has 3 aromatic rings. The van der Waals surface area contributed by atoms with Crippen LogP contribution in [0.5, 0.6) is 5.75 Å². The molecule has 1 aliphatic heterocycles. The van der Waals surface area contributed by atoms with Gasteiger partial charge in [0.05, 0.1) is 11.5 Å². The number of fused-ring (bicyclic) bond motifs is 1. The van der Waals surface area contributed by atoms with Crippen LogP contribution in [0.4, 0.5) is 4.39 Å². The number of hydrogen-bond acceptors (Lipinski definition) is 4. The molecule has 2 aromatic carbocycles. The van der Waals surface area contributed by atoms with Crippen molar-refractivity contribution in [3.63, 3.8) is 0 Å². The summed E-state index contributed by atoms with van der Waals surface area (Å²) in [5, 5.41) is 0.925. The summed E-state index contributed by atoms with van der Waals surface area (Å²) >= 11 is 0. The molecule has 2 heterocycles. The smallest absolute Gasteiger partial charge is 0.270 e. The van der Waals surface area contributed by atoms with Crippen LogP contribution in [0.25, 0.3) is 10.9 Å². The average Bonchev–Trinajstić information content (AvgIpc) is 3.17. The van der Waals surface area contributed by atoms with Gasteiger partial charge in [-0.2, -0.15) is 0 Å². The lowest BCUT2D eigenvalue weighted by Crippen LogP contribution is -2.46. The molecular formula is C22H24FN3O4S. The van der Waals surface area contributed by atoms with Gasteiger partial charge in [0.2, 0.25) is 10.0 Å². The lowest BCUT2D eigenvalue weighted by Gasteiger charge is -2.32. The summed E-state index contributed by atoms with van der Waals surface area (Å²) < 4.78 is 46.2. The molecule has 4 rings (SSSR count). The topological polar surface area (TPSA) is 91.5 Å². The summed E-state index contributed by atoms with van der Waals surface area (Å²) in [6.45, 7) is 3.36. The molecule has 1 fully saturated rings. The quantitative estimate of drug-likeness (QED) is 0.609. The van der Waals surface area contributed by atoms with Crippen molar-refractivity contribution in [1.29, 1.82) is 0 Å². The van der Waals surface area contributed by atoms with Gasteiger partial charge in [-0.15, -0.1) is 0 Å². The molecule has 164 valence electrons. The number of halogens is 1. The van der Waals surface area contributed by atoms with Crippen LogP contribution < -0.4 is 9.46 Å². The summed E-state index contributed by atoms with van der Waals surface area (Å²) in [7, 11) is -3.73. The molecule has 0 bridgehead atoms. The highest BCUT2D eigenvalue weighted by atomic mass is 32.2. The Hall–Kier alpha value is -2.91. The summed E-state index contributed by atoms with van der Waals surface area (Å²) in [6, 6.07) is 11.9. The van der Waals surface area contributed by atoms with Crippen molar-refractivity contribution >= 4 is 26.8 Å². The highest BCUT2D eigenvalue weighted by Gasteiger charge is 2.28. The van der Waals surface area contributed by atoms with Crippen LogP contribution in [0.3, 0.4) is 0 Å². The van der Waals surface area contributed by atoms with E-state index in [4.69, 9.17) is 4.74 Å². The first-order chi connectivity index (χ1) is 14.9. The van der Waals surface area contributed by atoms with Crippen molar-refractivity contribution in [2.24, 2.45) is 0 Å². The summed E-state index contributed by atoms with van der Waals surface area (Å²) in [6.07, 6.45) is 1.00. The second-order valence-electron chi connectivity index (χ2n) is 7.51. The molecule has 1 aromatic heterocycles. The second-order valence-corrected chi connectivity index (χ2v) is 9.22. The lowest BCUT2D eigenvalue weighted by molar-refractivity contribution is 0.0706. The first-order valence-electron chi connectivity index (χ1n) is 10.2. The molecule has 0 unspecified atom stereocenters. The minimum atomic E-state index is -3.73. The van der Waals surface area contributed by atoms with Gasteiger partial charge in [-0.1, -0.05) is 0 Å². The normalized spacial score (nSPS) is 15.4. The molecule has 0 saturated carbocycles. The Morgan fingerprint density at radius 1 is 1.16 bits per heavy atom. The van der Waals surface area contributed by atoms with E-state index < -0.39 is 15.8 Å². The maximum Gasteiger partial charge on any atom is 0.270 e. The van der Waals surface area contributed by atoms with Crippen molar-refractivity contribution in [2.75, 3.05) is 19.7 Å². The number of H-pyrrole nitrogens is 1. The zero-order chi connectivity index (χ0) is 22.0. The monoisotopic (exact) mass is 445 g/mol. The maximum atomic E-state index is 13.1. The van der Waals surface area contributed by atoms with Gasteiger partial charge >= 0.3 is 0 Å². The molecule has 0 atom stereocenters. The van der Waals surface area contributed by atoms with Crippen LogP contribution >= 0.6 is 0 Å². The zero-order valence-electron chi connectivity index (χ0n) is 17.1. The molecule has 9 heteroatoms. The van der Waals surface area contributed by atoms with Crippen LogP contribution in [0.1, 0.15) is 30.3 Å². The van der Waals surface area contributed by atoms with Gasteiger partial charge in [0.25, 0.3) is 5.91 Å². The van der Waals surface area contributed by atoms with Crippen molar-refractivity contribution in [2.45, 2.75) is 30.7 Å². The van der Waals surface area contributed by atoms with Crippen molar-refractivity contribution in [3.05, 3.63) is 60.0 Å². The highest BCUT2D eigenvalue weighted by molar-refractivity contribution is 7.89. The number of benzene rings is 2. The number of aromatic amines is 1. The Bertz CT molecular complexity index is 1180. The number of ether oxygens (including phenoxy) is 1. The fourth-order valence-corrected chi connectivity index (χ4v) is 5.05. The molecule has 1 saturated heterocycles. The van der Waals surface area contributed by atoms with Crippen molar-refractivity contribution in [3.8, 4) is 5.75 Å². The molecule has 0 aliphatic carbocycles. The fraction of sp³-hybridized carbons (Fsp3) is 0.318. The third kappa shape index (κ3) is 4.72. The molecule has 1 amide bonds. The molecule has 7 nitrogen and oxygen atoms in total. The number of amides is 1. The van der Waals surface area contributed by atoms with E-state index in [0.717, 1.165) is 28.8 Å². The number of likely N-dealkylation sites (tertiary alicyclic amines) is 1. The van der Waals surface area contributed by atoms with Crippen LogP contribution in [0, 0.1) is 5.82 Å². The van der Waals surface area contributed by atoms with Gasteiger partial charge in [-0.25, -0.2) is 17.5 Å². The summed E-state index contributed by atoms with van der Waals surface area (Å²) in [5.41, 5.74) is 1.32. The standard InChI is InChI=1S/C22H24FN3O4S/c1-2-30-18-6-3-15-13-21(24-20(15)14-18)22(27)26-11-9-17(10-12-26)25-31(28,29)19-7-4-16(23)5-8-19/h3-8,13-14,17,24-25H,2,9-12H2,1H3. The van der Waals surface area contributed by atoms with Gasteiger partial charge in [-0.05, 0) is 62.2 Å². The zero-order valence-corrected chi connectivity index (χ0v) is 17.9. The average molecular weight is 446 g/mol. The largest absolute Gasteiger partial charge is 0.494 e. The van der Waals surface area contributed by atoms with Gasteiger partial charge in [0.1, 0.15) is 17.3 Å². The highest BCUT2D eigenvalue weighted by Crippen LogP contribution is 2.23. The summed E-state index contributed by atoms with van der Waals surface area (Å²) in [5.74, 6) is 0.135. The van der Waals surface area contributed by atoms with E-state index in [1.165, 1.54) is 12.1 Å². The lowest BCUT2D eigenvalue weighted by atomic mass is 10.1. The number of hydrogen-bond donors (Lipinski definition) is 2. The van der Waals surface area contributed by atoms with Gasteiger partial charge in [-0.3, -0.25) is 4.79 Å². The number of carbonyl (C=O) groups excluding carboxylic acids is 1. The number of carbonyl (C=O) groups is 1. The number of rotatable bonds is 6. The van der Waals surface area contributed by atoms with E-state index in [-0.39, 0.29) is 16.8 Å². The number of nitrogens with one attached hydrogen (secondary N) is 2. The molecule has 31 heavy (non-hydrogen) atoms. The Kier molecular flexibility index (Phi) is 5.97. The van der Waals surface area contributed by atoms with Gasteiger partial charge in [0.15, 0.2) is 0 Å². The van der Waals surface area contributed by atoms with Crippen molar-refractivity contribution in [1.82, 2.24) is 14.6 Å². The first-order valence-corrected chi connectivity index (χ1v) is 11.7. The second kappa shape index (κ2) is 8.68. The number of sulfonamides is 1. The predicted octanol–water partition coefficient (Wildman–Crippen LogP) is 3.29. The van der Waals surface area contributed by atoms with Crippen LogP contribution in [0.2, 0.25) is 0 Å². The number of nitrogens with zero attached hydrogens (tertiary/aromatic N) is 1. The van der Waals surface area contributed by atoms with Gasteiger partial charge in [0, 0.05) is 36.1 Å². The third-order valence-electron chi connectivity index (χ3n) is 5.36. The van der Waals surface area contributed by atoms with Crippen molar-refractivity contribution < 1.29 is 22.3 Å². The van der Waals surface area contributed by atoms with Crippen LogP contribution in [0.15, 0.2) is 53.4 Å². The van der Waals surface area contributed by atoms with Crippen LogP contribution in [-0.2, 0) is 10.0 Å². The number of piperidine rings is 1. The van der Waals surface area contributed by atoms with Crippen LogP contribution in [-0.4, -0.2) is 49.9 Å². The SMILES string of the molecule is CCOc1ccc2cc(C(=O)N3CCC(NS(=O)(=O)c4ccc(F)cc4)CC3)[nH]c2c1. The molecule has 0 radical (unpaired) electrons. The van der Waals surface area contributed by atoms with E-state index >= 15 is 0 Å². The number of aromatic nitrogens is 1. The molecular weight excluding hydrogens is 421 g/mol. The first kappa shape index (κ1) is 21.3. The Labute approximate surface area is 180 Å². The molecule has 2 N–H and O–H groups in total. The fourth-order valence-electron chi connectivity index (χ4n) is 3.75. The van der Waals surface area contributed by atoms with E-state index in [1.54, 1.807) is 4.90 Å². The minimum Gasteiger partial charge on any atom is -0.494 e. The third-order valence-corrected chi connectivity index (χ3v) is 6.90. The Morgan fingerprint density at radius 2 is 1.87 bits per heavy atom. The Morgan fingerprint density at radius 3 is 2.55 bits per heavy atom. The van der Waals surface area contributed by atoms with Gasteiger partial charge < -0.3 is 14.6 Å². The van der Waals surface area contributed by atoms with E-state index in [1.807, 2.05) is 31.2 Å².